The molecule has 0 aliphatic heterocycles. The number of aryl methyl sites for hydroxylation is 2. The number of anilines is 1. The third-order valence-electron chi connectivity index (χ3n) is 3.90. The molecule has 2 aromatic rings. The summed E-state index contributed by atoms with van der Waals surface area (Å²) in [5.41, 5.74) is 1.20. The lowest BCUT2D eigenvalue weighted by Gasteiger charge is -2.24. The normalized spacial score (nSPS) is 14.6. The van der Waals surface area contributed by atoms with E-state index in [1.807, 2.05) is 13.8 Å². The zero-order chi connectivity index (χ0) is 15.7. The number of aromatic nitrogens is 4. The highest BCUT2D eigenvalue weighted by molar-refractivity contribution is 5.92. The number of hydrogen-bond acceptors (Lipinski definition) is 4. The quantitative estimate of drug-likeness (QED) is 0.896. The van der Waals surface area contributed by atoms with Gasteiger partial charge < -0.3 is 5.32 Å². The highest BCUT2D eigenvalue weighted by Crippen LogP contribution is 2.28. The van der Waals surface area contributed by atoms with Crippen LogP contribution in [0.4, 0.5) is 5.82 Å². The highest BCUT2D eigenvalue weighted by Gasteiger charge is 2.26. The van der Waals surface area contributed by atoms with Gasteiger partial charge >= 0.3 is 0 Å². The van der Waals surface area contributed by atoms with E-state index in [-0.39, 0.29) is 17.4 Å². The molecule has 1 aliphatic rings. The van der Waals surface area contributed by atoms with Crippen LogP contribution in [-0.4, -0.2) is 25.7 Å². The molecule has 0 spiro atoms. The lowest BCUT2D eigenvalue weighted by Crippen LogP contribution is -2.29. The summed E-state index contributed by atoms with van der Waals surface area (Å²) in [7, 11) is 0. The van der Waals surface area contributed by atoms with E-state index in [0.717, 1.165) is 25.0 Å². The van der Waals surface area contributed by atoms with Gasteiger partial charge in [-0.3, -0.25) is 14.6 Å². The second kappa shape index (κ2) is 5.75. The van der Waals surface area contributed by atoms with Crippen molar-refractivity contribution in [2.24, 2.45) is 5.92 Å². The van der Waals surface area contributed by atoms with Crippen molar-refractivity contribution in [1.29, 1.82) is 0 Å². The molecule has 1 amide bonds. The summed E-state index contributed by atoms with van der Waals surface area (Å²) in [5.74, 6) is 0.936. The first-order valence-electron chi connectivity index (χ1n) is 7.55. The molecule has 22 heavy (non-hydrogen) atoms. The van der Waals surface area contributed by atoms with Crippen LogP contribution in [0.2, 0.25) is 0 Å². The average molecular weight is 301 g/mol. The Morgan fingerprint density at radius 3 is 2.86 bits per heavy atom. The number of H-pyrrole nitrogens is 1. The molecule has 2 heterocycles. The maximum Gasteiger partial charge on any atom is 0.252 e. The van der Waals surface area contributed by atoms with Gasteiger partial charge in [0, 0.05) is 23.7 Å². The molecule has 0 unspecified atom stereocenters. The fourth-order valence-electron chi connectivity index (χ4n) is 2.42. The zero-order valence-electron chi connectivity index (χ0n) is 12.7. The molecular formula is C15H19N5O2. The number of carbonyl (C=O) groups excluding carboxylic acids is 1. The first-order chi connectivity index (χ1) is 10.6. The molecule has 7 heteroatoms. The number of nitrogens with zero attached hydrogens (tertiary/aromatic N) is 3. The van der Waals surface area contributed by atoms with Crippen molar-refractivity contribution in [3.63, 3.8) is 0 Å². The molecule has 1 saturated carbocycles. The topological polar surface area (TPSA) is 92.7 Å². The summed E-state index contributed by atoms with van der Waals surface area (Å²) in [6, 6.07) is 3.24. The molecule has 7 nitrogen and oxygen atoms in total. The second-order valence-electron chi connectivity index (χ2n) is 5.61. The molecule has 116 valence electrons. The standard InChI is InChI=1S/C15H19N5O2/c1-3-11-8-13(21)18-15(16-11)20-12(7-9(2)19-20)17-14(22)10-5-4-6-10/h7-8,10H,3-6H2,1-2H3,(H,17,22)(H,16,18,21). The van der Waals surface area contributed by atoms with Crippen LogP contribution in [0.1, 0.15) is 37.6 Å². The predicted octanol–water partition coefficient (Wildman–Crippen LogP) is 1.57. The van der Waals surface area contributed by atoms with Crippen LogP contribution in [0.3, 0.4) is 0 Å². The van der Waals surface area contributed by atoms with Crippen LogP contribution >= 0.6 is 0 Å². The van der Waals surface area contributed by atoms with Crippen molar-refractivity contribution < 1.29 is 4.79 Å². The van der Waals surface area contributed by atoms with Gasteiger partial charge in [-0.15, -0.1) is 0 Å². The van der Waals surface area contributed by atoms with Gasteiger partial charge in [-0.05, 0) is 26.2 Å². The molecule has 0 atom stereocenters. The molecule has 0 aromatic carbocycles. The molecule has 2 aromatic heterocycles. The predicted molar refractivity (Wildman–Crippen MR) is 82.1 cm³/mol. The van der Waals surface area contributed by atoms with E-state index in [4.69, 9.17) is 0 Å². The first-order valence-corrected chi connectivity index (χ1v) is 7.55. The van der Waals surface area contributed by atoms with Crippen molar-refractivity contribution in [2.45, 2.75) is 39.5 Å². The molecule has 0 bridgehead atoms. The summed E-state index contributed by atoms with van der Waals surface area (Å²) in [6.45, 7) is 3.76. The van der Waals surface area contributed by atoms with Crippen LogP contribution in [0.15, 0.2) is 16.9 Å². The van der Waals surface area contributed by atoms with Gasteiger partial charge in [0.1, 0.15) is 5.82 Å². The molecule has 0 saturated heterocycles. The van der Waals surface area contributed by atoms with Gasteiger partial charge in [-0.25, -0.2) is 4.98 Å². The fraction of sp³-hybridized carbons (Fsp3) is 0.467. The minimum absolute atomic E-state index is 0.00129. The average Bonchev–Trinajstić information content (AvgIpc) is 2.76. The molecule has 3 rings (SSSR count). The van der Waals surface area contributed by atoms with Crippen LogP contribution in [0.5, 0.6) is 0 Å². The van der Waals surface area contributed by atoms with Gasteiger partial charge in [-0.2, -0.15) is 9.78 Å². The van der Waals surface area contributed by atoms with Crippen LogP contribution in [0, 0.1) is 12.8 Å². The van der Waals surface area contributed by atoms with E-state index >= 15 is 0 Å². The van der Waals surface area contributed by atoms with Gasteiger partial charge in [-0.1, -0.05) is 13.3 Å². The number of nitrogens with one attached hydrogen (secondary N) is 2. The lowest BCUT2D eigenvalue weighted by molar-refractivity contribution is -0.122. The number of carbonyl (C=O) groups is 1. The van der Waals surface area contributed by atoms with Crippen molar-refractivity contribution in [1.82, 2.24) is 19.7 Å². The first kappa shape index (κ1) is 14.5. The second-order valence-corrected chi connectivity index (χ2v) is 5.61. The smallest absolute Gasteiger partial charge is 0.252 e. The monoisotopic (exact) mass is 301 g/mol. The molecule has 2 N–H and O–H groups in total. The van der Waals surface area contributed by atoms with Crippen LogP contribution in [0.25, 0.3) is 5.95 Å². The third-order valence-corrected chi connectivity index (χ3v) is 3.90. The van der Waals surface area contributed by atoms with Gasteiger partial charge in [0.15, 0.2) is 0 Å². The number of hydrogen-bond donors (Lipinski definition) is 2. The molecular weight excluding hydrogens is 282 g/mol. The summed E-state index contributed by atoms with van der Waals surface area (Å²) in [6.07, 6.45) is 3.61. The number of amides is 1. The highest BCUT2D eigenvalue weighted by atomic mass is 16.2. The Morgan fingerprint density at radius 1 is 1.45 bits per heavy atom. The van der Waals surface area contributed by atoms with E-state index in [1.54, 1.807) is 6.07 Å². The van der Waals surface area contributed by atoms with Crippen molar-refractivity contribution in [3.05, 3.63) is 33.9 Å². The van der Waals surface area contributed by atoms with Crippen molar-refractivity contribution in [3.8, 4) is 5.95 Å². The summed E-state index contributed by atoms with van der Waals surface area (Å²) >= 11 is 0. The Morgan fingerprint density at radius 2 is 2.23 bits per heavy atom. The largest absolute Gasteiger partial charge is 0.310 e. The SMILES string of the molecule is CCc1cc(=O)[nH]c(-n2nc(C)cc2NC(=O)C2CCC2)n1. The van der Waals surface area contributed by atoms with E-state index in [0.29, 0.717) is 23.9 Å². The van der Waals surface area contributed by atoms with Crippen LogP contribution in [-0.2, 0) is 11.2 Å². The Kier molecular flexibility index (Phi) is 3.79. The maximum absolute atomic E-state index is 12.1. The van der Waals surface area contributed by atoms with Crippen LogP contribution < -0.4 is 10.9 Å². The van der Waals surface area contributed by atoms with Gasteiger partial charge in [0.2, 0.25) is 11.9 Å². The molecule has 1 aliphatic carbocycles. The Bertz CT molecular complexity index is 758. The molecule has 0 radical (unpaired) electrons. The summed E-state index contributed by atoms with van der Waals surface area (Å²) in [4.78, 5) is 30.9. The fourth-order valence-corrected chi connectivity index (χ4v) is 2.42. The van der Waals surface area contributed by atoms with Gasteiger partial charge in [0.25, 0.3) is 5.56 Å². The van der Waals surface area contributed by atoms with E-state index < -0.39 is 0 Å². The van der Waals surface area contributed by atoms with Gasteiger partial charge in [0.05, 0.1) is 5.69 Å². The third kappa shape index (κ3) is 2.79. The van der Waals surface area contributed by atoms with Crippen molar-refractivity contribution >= 4 is 11.7 Å². The van der Waals surface area contributed by atoms with E-state index in [2.05, 4.69) is 20.4 Å². The lowest BCUT2D eigenvalue weighted by atomic mass is 9.85. The maximum atomic E-state index is 12.1. The van der Waals surface area contributed by atoms with Crippen molar-refractivity contribution in [2.75, 3.05) is 5.32 Å². The minimum atomic E-state index is -0.230. The molecule has 1 fully saturated rings. The summed E-state index contributed by atoms with van der Waals surface area (Å²) in [5, 5.41) is 7.21. The Labute approximate surface area is 127 Å². The van der Waals surface area contributed by atoms with E-state index in [1.165, 1.54) is 10.7 Å². The Hall–Kier alpha value is -2.44. The number of aromatic amines is 1. The van der Waals surface area contributed by atoms with E-state index in [9.17, 15) is 9.59 Å². The Balaban J connectivity index is 1.95. The minimum Gasteiger partial charge on any atom is -0.310 e. The summed E-state index contributed by atoms with van der Waals surface area (Å²) < 4.78 is 1.48. The zero-order valence-corrected chi connectivity index (χ0v) is 12.7. The number of rotatable bonds is 4.